The second-order valence-corrected chi connectivity index (χ2v) is 6.83. The van der Waals surface area contributed by atoms with E-state index in [9.17, 15) is 0 Å². The minimum atomic E-state index is 0.514. The summed E-state index contributed by atoms with van der Waals surface area (Å²) < 4.78 is 0. The zero-order chi connectivity index (χ0) is 13.2. The molecule has 2 rings (SSSR count). The molecule has 0 radical (unpaired) electrons. The van der Waals surface area contributed by atoms with E-state index in [1.807, 2.05) is 18.2 Å². The number of nitrogens with one attached hydrogen (secondary N) is 1. The van der Waals surface area contributed by atoms with Gasteiger partial charge in [-0.05, 0) is 43.2 Å². The number of halogens is 2. The Morgan fingerprint density at radius 1 is 1.17 bits per heavy atom. The molecule has 100 valence electrons. The largest absolute Gasteiger partial charge is 0.310 e. The highest BCUT2D eigenvalue weighted by molar-refractivity contribution is 6.35. The van der Waals surface area contributed by atoms with Gasteiger partial charge >= 0.3 is 0 Å². The van der Waals surface area contributed by atoms with Crippen LogP contribution in [0, 0.1) is 5.41 Å². The van der Waals surface area contributed by atoms with Gasteiger partial charge in [-0.2, -0.15) is 0 Å². The van der Waals surface area contributed by atoms with E-state index in [1.54, 1.807) is 0 Å². The first-order chi connectivity index (χ1) is 8.48. The maximum Gasteiger partial charge on any atom is 0.0465 e. The summed E-state index contributed by atoms with van der Waals surface area (Å²) in [6, 6.07) is 6.28. The van der Waals surface area contributed by atoms with Crippen LogP contribution in [0.4, 0.5) is 0 Å². The van der Waals surface area contributed by atoms with Gasteiger partial charge in [0.1, 0.15) is 0 Å². The summed E-state index contributed by atoms with van der Waals surface area (Å²) in [6.07, 6.45) is 5.08. The van der Waals surface area contributed by atoms with Crippen LogP contribution >= 0.6 is 23.2 Å². The van der Waals surface area contributed by atoms with Crippen molar-refractivity contribution in [3.05, 3.63) is 33.8 Å². The molecule has 0 heterocycles. The lowest BCUT2D eigenvalue weighted by Gasteiger charge is -2.34. The van der Waals surface area contributed by atoms with E-state index in [-0.39, 0.29) is 0 Å². The minimum Gasteiger partial charge on any atom is -0.310 e. The molecule has 3 heteroatoms. The monoisotopic (exact) mass is 285 g/mol. The van der Waals surface area contributed by atoms with Crippen LogP contribution in [-0.4, -0.2) is 6.04 Å². The zero-order valence-electron chi connectivity index (χ0n) is 11.1. The highest BCUT2D eigenvalue weighted by Gasteiger charge is 2.26. The summed E-state index contributed by atoms with van der Waals surface area (Å²) in [7, 11) is 0. The fourth-order valence-electron chi connectivity index (χ4n) is 2.55. The van der Waals surface area contributed by atoms with Crippen molar-refractivity contribution in [1.29, 1.82) is 0 Å². The van der Waals surface area contributed by atoms with Crippen molar-refractivity contribution in [1.82, 2.24) is 5.32 Å². The van der Waals surface area contributed by atoms with Crippen molar-refractivity contribution in [2.45, 2.75) is 52.1 Å². The SMILES string of the molecule is CC1(C)CCC(NCc2c(Cl)cccc2Cl)CC1. The number of rotatable bonds is 3. The van der Waals surface area contributed by atoms with Gasteiger partial charge in [-0.15, -0.1) is 0 Å². The van der Waals surface area contributed by atoms with Crippen LogP contribution in [-0.2, 0) is 6.54 Å². The molecular weight excluding hydrogens is 265 g/mol. The quantitative estimate of drug-likeness (QED) is 0.819. The predicted molar refractivity (Wildman–Crippen MR) is 79.3 cm³/mol. The molecule has 0 amide bonds. The van der Waals surface area contributed by atoms with E-state index in [2.05, 4.69) is 19.2 Å². The molecular formula is C15H21Cl2N. The molecule has 0 unspecified atom stereocenters. The van der Waals surface area contributed by atoms with Crippen LogP contribution in [0.15, 0.2) is 18.2 Å². The lowest BCUT2D eigenvalue weighted by molar-refractivity contribution is 0.206. The maximum absolute atomic E-state index is 6.17. The van der Waals surface area contributed by atoms with E-state index in [4.69, 9.17) is 23.2 Å². The van der Waals surface area contributed by atoms with Crippen molar-refractivity contribution in [3.63, 3.8) is 0 Å². The van der Waals surface area contributed by atoms with Gasteiger partial charge in [0.2, 0.25) is 0 Å². The topological polar surface area (TPSA) is 12.0 Å². The Morgan fingerprint density at radius 2 is 1.72 bits per heavy atom. The van der Waals surface area contributed by atoms with Crippen LogP contribution in [0.3, 0.4) is 0 Å². The summed E-state index contributed by atoms with van der Waals surface area (Å²) in [6.45, 7) is 5.48. The zero-order valence-corrected chi connectivity index (χ0v) is 12.6. The van der Waals surface area contributed by atoms with Crippen molar-refractivity contribution in [2.75, 3.05) is 0 Å². The molecule has 1 nitrogen and oxygen atoms in total. The molecule has 0 bridgehead atoms. The molecule has 1 aliphatic carbocycles. The van der Waals surface area contributed by atoms with Gasteiger partial charge in [-0.3, -0.25) is 0 Å². The van der Waals surface area contributed by atoms with Gasteiger partial charge in [0, 0.05) is 28.2 Å². The summed E-state index contributed by atoms with van der Waals surface area (Å²) in [4.78, 5) is 0. The molecule has 1 saturated carbocycles. The Bertz CT molecular complexity index is 385. The summed E-state index contributed by atoms with van der Waals surface area (Å²) in [5, 5.41) is 5.10. The molecule has 1 aliphatic rings. The molecule has 1 fully saturated rings. The lowest BCUT2D eigenvalue weighted by atomic mass is 9.75. The number of benzene rings is 1. The van der Waals surface area contributed by atoms with Crippen molar-refractivity contribution >= 4 is 23.2 Å². The Kier molecular flexibility index (Phi) is 4.58. The fraction of sp³-hybridized carbons (Fsp3) is 0.600. The van der Waals surface area contributed by atoms with Crippen LogP contribution in [0.25, 0.3) is 0 Å². The average molecular weight is 286 g/mol. The second kappa shape index (κ2) is 5.81. The van der Waals surface area contributed by atoms with Crippen LogP contribution < -0.4 is 5.32 Å². The fourth-order valence-corrected chi connectivity index (χ4v) is 3.08. The van der Waals surface area contributed by atoms with Crippen molar-refractivity contribution in [2.24, 2.45) is 5.41 Å². The molecule has 0 aliphatic heterocycles. The number of hydrogen-bond acceptors (Lipinski definition) is 1. The third kappa shape index (κ3) is 3.63. The molecule has 0 atom stereocenters. The third-order valence-electron chi connectivity index (χ3n) is 3.97. The van der Waals surface area contributed by atoms with Gasteiger partial charge in [0.15, 0.2) is 0 Å². The Balaban J connectivity index is 1.89. The Morgan fingerprint density at radius 3 is 2.28 bits per heavy atom. The van der Waals surface area contributed by atoms with Gasteiger partial charge < -0.3 is 5.32 Å². The number of hydrogen-bond donors (Lipinski definition) is 1. The molecule has 0 aromatic heterocycles. The van der Waals surface area contributed by atoms with Gasteiger partial charge in [-0.1, -0.05) is 43.1 Å². The molecule has 0 saturated heterocycles. The highest BCUT2D eigenvalue weighted by atomic mass is 35.5. The van der Waals surface area contributed by atoms with Gasteiger partial charge in [-0.25, -0.2) is 0 Å². The Labute approximate surface area is 120 Å². The molecule has 1 N–H and O–H groups in total. The second-order valence-electron chi connectivity index (χ2n) is 6.02. The lowest BCUT2D eigenvalue weighted by Crippen LogP contribution is -2.35. The van der Waals surface area contributed by atoms with Crippen LogP contribution in [0.2, 0.25) is 10.0 Å². The summed E-state index contributed by atoms with van der Waals surface area (Å²) in [5.74, 6) is 0. The first kappa shape index (κ1) is 14.2. The van der Waals surface area contributed by atoms with E-state index in [0.29, 0.717) is 11.5 Å². The standard InChI is InChI=1S/C15H21Cl2N/c1-15(2)8-6-11(7-9-15)18-10-12-13(16)4-3-5-14(12)17/h3-5,11,18H,6-10H2,1-2H3. The maximum atomic E-state index is 6.17. The molecule has 1 aromatic carbocycles. The first-order valence-electron chi connectivity index (χ1n) is 6.64. The summed E-state index contributed by atoms with van der Waals surface area (Å²) in [5.41, 5.74) is 1.53. The van der Waals surface area contributed by atoms with Crippen LogP contribution in [0.5, 0.6) is 0 Å². The van der Waals surface area contributed by atoms with Crippen molar-refractivity contribution < 1.29 is 0 Å². The molecule has 0 spiro atoms. The van der Waals surface area contributed by atoms with E-state index < -0.39 is 0 Å². The van der Waals surface area contributed by atoms with Crippen LogP contribution in [0.1, 0.15) is 45.1 Å². The minimum absolute atomic E-state index is 0.514. The van der Waals surface area contributed by atoms with Gasteiger partial charge in [0.05, 0.1) is 0 Å². The van der Waals surface area contributed by atoms with Crippen molar-refractivity contribution in [3.8, 4) is 0 Å². The average Bonchev–Trinajstić information content (AvgIpc) is 2.30. The van der Waals surface area contributed by atoms with Gasteiger partial charge in [0.25, 0.3) is 0 Å². The molecule has 18 heavy (non-hydrogen) atoms. The molecule has 1 aromatic rings. The van der Waals surface area contributed by atoms with E-state index in [0.717, 1.165) is 22.2 Å². The first-order valence-corrected chi connectivity index (χ1v) is 7.40. The smallest absolute Gasteiger partial charge is 0.0465 e. The van der Waals surface area contributed by atoms with E-state index >= 15 is 0 Å². The Hall–Kier alpha value is -0.240. The normalized spacial score (nSPS) is 20.0. The third-order valence-corrected chi connectivity index (χ3v) is 4.68. The van der Waals surface area contributed by atoms with E-state index in [1.165, 1.54) is 25.7 Å². The summed E-state index contributed by atoms with van der Waals surface area (Å²) >= 11 is 12.3. The highest BCUT2D eigenvalue weighted by Crippen LogP contribution is 2.35. The predicted octanol–water partition coefficient (Wildman–Crippen LogP) is 5.05.